The van der Waals surface area contributed by atoms with E-state index >= 15 is 0 Å². The normalized spacial score (nSPS) is 12.5. The van der Waals surface area contributed by atoms with Crippen LogP contribution >= 0.6 is 95.6 Å². The van der Waals surface area contributed by atoms with Crippen molar-refractivity contribution < 1.29 is 34.2 Å². The average molecular weight is 1010 g/mol. The van der Waals surface area contributed by atoms with Crippen LogP contribution in [0.15, 0.2) is 96.1 Å². The van der Waals surface area contributed by atoms with Crippen molar-refractivity contribution in [3.05, 3.63) is 81.4 Å². The van der Waals surface area contributed by atoms with E-state index in [1.54, 1.807) is 0 Å². The van der Waals surface area contributed by atoms with Gasteiger partial charge in [-0.1, -0.05) is 0 Å². The van der Waals surface area contributed by atoms with Crippen molar-refractivity contribution in [2.75, 3.05) is 0 Å². The van der Waals surface area contributed by atoms with Crippen LogP contribution in [0.3, 0.4) is 0 Å². The quantitative estimate of drug-likeness (QED) is 0.214. The van der Waals surface area contributed by atoms with Crippen LogP contribution in [0.4, 0.5) is 0 Å². The molecular weight excluding hydrogens is 1010 g/mol. The van der Waals surface area contributed by atoms with Crippen LogP contribution in [0, 0.1) is 0 Å². The Kier molecular flexibility index (Phi) is 11.2. The monoisotopic (exact) mass is 1010 g/mol. The van der Waals surface area contributed by atoms with Crippen molar-refractivity contribution in [3.63, 3.8) is 0 Å². The van der Waals surface area contributed by atoms with Crippen molar-refractivity contribution in [3.8, 4) is 0 Å². The zero-order chi connectivity index (χ0) is 27.8. The Morgan fingerprint density at radius 3 is 0.892 bits per heavy atom. The first-order valence-corrected chi connectivity index (χ1v) is 21.1. The van der Waals surface area contributed by atoms with Crippen molar-refractivity contribution in [1.82, 2.24) is 0 Å². The van der Waals surface area contributed by atoms with Crippen LogP contribution in [0.1, 0.15) is 0 Å². The van der Waals surface area contributed by atoms with Crippen LogP contribution < -0.4 is 0 Å². The van der Waals surface area contributed by atoms with Crippen LogP contribution in [-0.2, 0) is 39.3 Å². The Bertz CT molecular complexity index is 1480. The first-order chi connectivity index (χ1) is 17.0. The Morgan fingerprint density at radius 1 is 0.432 bits per heavy atom. The molecule has 0 aliphatic rings. The number of halogens is 6. The molecule has 0 aliphatic heterocycles. The van der Waals surface area contributed by atoms with Gasteiger partial charge in [0.1, 0.15) is 0 Å². The summed E-state index contributed by atoms with van der Waals surface area (Å²) in [6, 6.07) is 11.2. The molecule has 0 saturated carbocycles. The maximum absolute atomic E-state index is 13.0. The number of benzene rings is 3. The molecule has 0 heterocycles. The molecule has 9 nitrogen and oxygen atoms in total. The minimum atomic E-state index is -5.17. The molecule has 3 rings (SSSR count). The summed E-state index contributed by atoms with van der Waals surface area (Å²) in [4.78, 5) is -1.17. The molecule has 19 heteroatoms. The summed E-state index contributed by atoms with van der Waals surface area (Å²) in [5.74, 6) is 0. The van der Waals surface area contributed by atoms with Crippen molar-refractivity contribution >= 4 is 143 Å². The van der Waals surface area contributed by atoms with Gasteiger partial charge in [0, 0.05) is 0 Å². The van der Waals surface area contributed by atoms with Gasteiger partial charge in [-0.2, -0.15) is 0 Å². The van der Waals surface area contributed by atoms with Gasteiger partial charge in [0.15, 0.2) is 0 Å². The zero-order valence-electron chi connectivity index (χ0n) is 17.4. The van der Waals surface area contributed by atoms with Crippen LogP contribution in [0.5, 0.6) is 0 Å². The van der Waals surface area contributed by atoms with E-state index in [-0.39, 0.29) is 0 Å². The Hall–Kier alpha value is 0.906. The number of hydrogen-bond donors (Lipinski definition) is 0. The van der Waals surface area contributed by atoms with Gasteiger partial charge in [-0.3, -0.25) is 0 Å². The van der Waals surface area contributed by atoms with Crippen LogP contribution in [0.25, 0.3) is 0 Å². The molecule has 3 aromatic carbocycles. The third kappa shape index (κ3) is 8.46. The molecule has 0 aromatic heterocycles. The molecule has 0 unspecified atom stereocenters. The van der Waals surface area contributed by atoms with E-state index < -0.39 is 62.4 Å². The Morgan fingerprint density at radius 2 is 0.676 bits per heavy atom. The molecule has 0 saturated heterocycles. The minimum absolute atomic E-state index is 0.350. The fraction of sp³-hybridized carbons (Fsp3) is 0. The summed E-state index contributed by atoms with van der Waals surface area (Å²) in [7, 11) is -14.2. The van der Waals surface area contributed by atoms with E-state index in [1.165, 1.54) is 54.6 Å². The molecular formula is C18H9Br6GaO9S3. The van der Waals surface area contributed by atoms with E-state index in [2.05, 4.69) is 95.6 Å². The fourth-order valence-corrected chi connectivity index (χ4v) is 15.4. The molecule has 37 heavy (non-hydrogen) atoms. The van der Waals surface area contributed by atoms with E-state index in [9.17, 15) is 25.3 Å². The second-order valence-corrected chi connectivity index (χ2v) is 21.4. The van der Waals surface area contributed by atoms with E-state index in [0.717, 1.165) is 0 Å². The molecule has 0 fully saturated rings. The average Bonchev–Trinajstić information content (AvgIpc) is 2.78. The van der Waals surface area contributed by atoms with Gasteiger partial charge < -0.3 is 0 Å². The molecule has 0 amide bonds. The summed E-state index contributed by atoms with van der Waals surface area (Å²) in [6.07, 6.45) is 0. The van der Waals surface area contributed by atoms with Crippen LogP contribution in [-0.4, -0.2) is 42.6 Å². The molecule has 0 spiro atoms. The predicted molar refractivity (Wildman–Crippen MR) is 156 cm³/mol. The molecule has 3 aromatic rings. The molecule has 0 bridgehead atoms. The van der Waals surface area contributed by atoms with Gasteiger partial charge in [0.05, 0.1) is 0 Å². The van der Waals surface area contributed by atoms with Gasteiger partial charge in [-0.25, -0.2) is 0 Å². The van der Waals surface area contributed by atoms with Crippen molar-refractivity contribution in [1.29, 1.82) is 0 Å². The van der Waals surface area contributed by atoms with Gasteiger partial charge in [0.2, 0.25) is 0 Å². The molecule has 0 radical (unpaired) electrons. The summed E-state index contributed by atoms with van der Waals surface area (Å²) in [6.45, 7) is 0. The number of hydrogen-bond acceptors (Lipinski definition) is 9. The van der Waals surface area contributed by atoms with Gasteiger partial charge in [-0.05, 0) is 0 Å². The predicted octanol–water partition coefficient (Wildman–Crippen LogP) is 6.76. The molecule has 0 atom stereocenters. The zero-order valence-corrected chi connectivity index (χ0v) is 31.8. The van der Waals surface area contributed by atoms with Gasteiger partial charge in [-0.15, -0.1) is 0 Å². The third-order valence-electron chi connectivity index (χ3n) is 4.15. The van der Waals surface area contributed by atoms with Crippen LogP contribution in [0.2, 0.25) is 0 Å². The second kappa shape index (κ2) is 12.8. The van der Waals surface area contributed by atoms with E-state index in [0.29, 0.717) is 26.8 Å². The standard InChI is InChI=1S/3C6H4Br2O3S.Ga/c3*7-5-2-1-4(3-6(5)8)12(9,10)11;/h3*1-3H,(H,9,10,11);/q;;;+3/p-3. The summed E-state index contributed by atoms with van der Waals surface area (Å²) in [5.41, 5.74) is 0. The summed E-state index contributed by atoms with van der Waals surface area (Å²) in [5, 5.41) is 0. The maximum atomic E-state index is 13.0. The number of rotatable bonds is 9. The van der Waals surface area contributed by atoms with Gasteiger partial charge >= 0.3 is 274 Å². The van der Waals surface area contributed by atoms with E-state index in [1.807, 2.05) is 0 Å². The van der Waals surface area contributed by atoms with Crippen molar-refractivity contribution in [2.45, 2.75) is 14.7 Å². The fourth-order valence-electron chi connectivity index (χ4n) is 2.42. The van der Waals surface area contributed by atoms with E-state index in [4.69, 9.17) is 8.93 Å². The Labute approximate surface area is 270 Å². The van der Waals surface area contributed by atoms with Gasteiger partial charge in [0.25, 0.3) is 0 Å². The molecule has 0 aliphatic carbocycles. The van der Waals surface area contributed by atoms with Crippen molar-refractivity contribution in [2.24, 2.45) is 0 Å². The topological polar surface area (TPSA) is 130 Å². The molecule has 0 N–H and O–H groups in total. The SMILES string of the molecule is O=S(=O)([O][Ga]([O]S(=O)(=O)c1ccc(Br)c(Br)c1)[O]S(=O)(=O)c1ccc(Br)c(Br)c1)c1ccc(Br)c(Br)c1. The third-order valence-corrected chi connectivity index (χ3v) is 21.3. The summed E-state index contributed by atoms with van der Waals surface area (Å²) < 4.78 is 95.5. The molecule has 198 valence electrons. The second-order valence-electron chi connectivity index (χ2n) is 6.67. The summed E-state index contributed by atoms with van der Waals surface area (Å²) >= 11 is 13.9. The first-order valence-electron chi connectivity index (χ1n) is 9.17. The first kappa shape index (κ1) is 32.4. The Balaban J connectivity index is 2.03.